The molecule has 550 valence electrons. The van der Waals surface area contributed by atoms with Crippen LogP contribution >= 0.6 is 31.7 Å². The van der Waals surface area contributed by atoms with Gasteiger partial charge in [-0.3, -0.25) is 20.0 Å². The molecule has 0 saturated carbocycles. The fraction of sp³-hybridized carbons (Fsp3) is 0.310. The van der Waals surface area contributed by atoms with Crippen LogP contribution in [0.15, 0.2) is 196 Å². The predicted octanol–water partition coefficient (Wildman–Crippen LogP) is 23.7. The molecule has 8 aromatic rings. The van der Waals surface area contributed by atoms with E-state index in [9.17, 15) is 0 Å². The molecule has 14 heteroatoms. The van der Waals surface area contributed by atoms with Crippen molar-refractivity contribution in [2.45, 2.75) is 140 Å². The van der Waals surface area contributed by atoms with Crippen molar-refractivity contribution in [1.29, 1.82) is 0 Å². The second-order valence-electron chi connectivity index (χ2n) is 24.4. The average Bonchev–Trinajstić information content (AvgIpc) is 0.854. The predicted molar refractivity (Wildman–Crippen MR) is 463 cm³/mol. The minimum atomic E-state index is -1.00. The van der Waals surface area contributed by atoms with Gasteiger partial charge in [-0.2, -0.15) is 0 Å². The summed E-state index contributed by atoms with van der Waals surface area (Å²) < 4.78 is 10.6. The minimum Gasteiger partial charge on any atom is -0.497 e. The molecule has 0 aliphatic heterocycles. The molecule has 0 atom stereocenters. The second-order valence-corrected chi connectivity index (χ2v) is 37.2. The van der Waals surface area contributed by atoms with Gasteiger partial charge in [-0.1, -0.05) is 109 Å². The molecular weight excluding hydrogens is 1460 g/mol. The maximum atomic E-state index is 5.32. The van der Waals surface area contributed by atoms with Gasteiger partial charge < -0.3 is 68.9 Å². The van der Waals surface area contributed by atoms with Gasteiger partial charge >= 0.3 is 69.4 Å². The van der Waals surface area contributed by atoms with Crippen molar-refractivity contribution in [2.24, 2.45) is 20.0 Å². The standard InChI is InChI=1S/C24H26NO2P.C22H22NP.C17H28NP.C16H26NP.8CH3.4Cr/c1-18-6-5-7-19(2)24(18)25-16-17-28(22-12-8-20(26-3)9-13-22)23-14-10-21(27-4)11-15-23;1-18-10-9-11-19(2)22(18)23-16-17-24(20-12-5-3-6-13-20)21-14-7-4-8-15-21;1-12(2)19(13(3)4)9-8-18-17-15(6)10-14(5)11-16(17)7;1-12(2)18(13(3)4)11-10-17-16-14(5)8-7-9-15(16)6;;;;;;;;;;;;/h5-16H,17H2,1-4H3;3-16H,17H2,1-2H3;8,10-13H,9H2,1-7H3;7-10,12-13H,11H2,1-6H3;8*1H3;;;;/q;;;;8*-1;4*+2/p+4. The van der Waals surface area contributed by atoms with Crippen LogP contribution in [0.2, 0.25) is 0 Å². The molecule has 0 heterocycles. The Hall–Kier alpha value is -4.11. The SMILES string of the molecule is COc1ccc([PH+](CC=Nc2c(C)cccc2C)c2ccc(OC)cc2)cc1.Cc1cc(C)c(N=CC[PH+](C(C)C)C(C)C)c(C)c1.Cc1cccc(C)c1N=CC[PH+](C(C)C)C(C)C.Cc1cccc(C)c1N=CC[PH+](c1ccccc1)c1ccccc1.[CH3-].[CH3-].[CH3-].[CH3-].[CH3-].[CH3-].[CH3-].[CH3-].[Cr+2].[Cr+2].[Cr+2].[Cr+2]. The molecule has 0 spiro atoms. The molecule has 0 radical (unpaired) electrons. The van der Waals surface area contributed by atoms with E-state index in [1.54, 1.807) is 14.2 Å². The topological polar surface area (TPSA) is 67.9 Å². The van der Waals surface area contributed by atoms with Gasteiger partial charge in [0, 0.05) is 40.7 Å². The van der Waals surface area contributed by atoms with Crippen molar-refractivity contribution in [3.05, 3.63) is 285 Å². The van der Waals surface area contributed by atoms with E-state index >= 15 is 0 Å². The fourth-order valence-electron chi connectivity index (χ4n) is 11.3. The summed E-state index contributed by atoms with van der Waals surface area (Å²) in [6.07, 6.45) is 12.8. The number of rotatable bonds is 22. The number of benzene rings is 8. The summed E-state index contributed by atoms with van der Waals surface area (Å²) in [5.74, 6) is 1.76. The Bertz CT molecular complexity index is 3340. The zero-order valence-corrected chi connectivity index (χ0v) is 76.0. The van der Waals surface area contributed by atoms with Gasteiger partial charge in [0.25, 0.3) is 0 Å². The Morgan fingerprint density at radius 1 is 0.287 bits per heavy atom. The molecule has 8 aromatic carbocycles. The molecule has 0 saturated heterocycles. The fourth-order valence-corrected chi connectivity index (χ4v) is 20.9. The van der Waals surface area contributed by atoms with Crippen LogP contribution in [-0.4, -0.2) is 86.4 Å². The van der Waals surface area contributed by atoms with Crippen molar-refractivity contribution in [2.75, 3.05) is 38.9 Å². The van der Waals surface area contributed by atoms with Crippen LogP contribution in [-0.2, 0) is 69.4 Å². The molecule has 6 nitrogen and oxygen atoms in total. The number of ether oxygens (including phenoxy) is 2. The van der Waals surface area contributed by atoms with E-state index in [1.807, 2.05) is 24.3 Å². The molecule has 0 amide bonds. The normalized spacial score (nSPS) is 10.3. The summed E-state index contributed by atoms with van der Waals surface area (Å²) in [7, 11) is 0.890. The first-order chi connectivity index (χ1) is 42.6. The van der Waals surface area contributed by atoms with Crippen molar-refractivity contribution in [1.82, 2.24) is 0 Å². The Morgan fingerprint density at radius 3 is 0.733 bits per heavy atom. The van der Waals surface area contributed by atoms with Crippen LogP contribution < -0.4 is 30.7 Å². The molecule has 0 unspecified atom stereocenters. The van der Waals surface area contributed by atoms with E-state index < -0.39 is 15.8 Å². The van der Waals surface area contributed by atoms with E-state index in [1.165, 1.54) is 89.3 Å². The van der Waals surface area contributed by atoms with Crippen molar-refractivity contribution >= 4 is 101 Å². The third-order valence-electron chi connectivity index (χ3n) is 16.2. The van der Waals surface area contributed by atoms with Crippen molar-refractivity contribution in [3.63, 3.8) is 0 Å². The zero-order chi connectivity index (χ0) is 65.0. The Balaban J connectivity index is -0.000000186. The van der Waals surface area contributed by atoms with Crippen LogP contribution in [0, 0.1) is 122 Å². The number of nitrogens with zero attached hydrogens (tertiary/aromatic N) is 4. The van der Waals surface area contributed by atoms with Crippen molar-refractivity contribution < 1.29 is 78.9 Å². The molecule has 0 fully saturated rings. The number of hydrogen-bond acceptors (Lipinski definition) is 6. The van der Waals surface area contributed by atoms with Crippen LogP contribution in [0.5, 0.6) is 11.5 Å². The maximum Gasteiger partial charge on any atom is 2.00 e. The maximum absolute atomic E-state index is 5.32. The number of hydrogen-bond donors (Lipinski definition) is 0. The summed E-state index contributed by atoms with van der Waals surface area (Å²) >= 11 is 0. The minimum absolute atomic E-state index is 0. The van der Waals surface area contributed by atoms with Gasteiger partial charge in [-0.15, -0.1) is 0 Å². The largest absolute Gasteiger partial charge is 2.00 e. The summed E-state index contributed by atoms with van der Waals surface area (Å²) in [5, 5.41) is 5.54. The average molecular weight is 1600 g/mol. The zero-order valence-electron chi connectivity index (χ0n) is 66.9. The van der Waals surface area contributed by atoms with E-state index in [2.05, 4.69) is 294 Å². The van der Waals surface area contributed by atoms with Crippen LogP contribution in [0.4, 0.5) is 22.7 Å². The molecule has 0 N–H and O–H groups in total. The van der Waals surface area contributed by atoms with Gasteiger partial charge in [-0.05, 0) is 235 Å². The van der Waals surface area contributed by atoms with Gasteiger partial charge in [0.15, 0.2) is 0 Å². The molecular formula is C87H130Cr4N4O2P4+4. The van der Waals surface area contributed by atoms with Crippen molar-refractivity contribution in [3.8, 4) is 11.5 Å². The van der Waals surface area contributed by atoms with Gasteiger partial charge in [0.1, 0.15) is 23.8 Å². The molecule has 8 rings (SSSR count). The first-order valence-electron chi connectivity index (χ1n) is 31.8. The smallest absolute Gasteiger partial charge is 0.497 e. The van der Waals surface area contributed by atoms with Gasteiger partial charge in [0.05, 0.1) is 109 Å². The molecule has 101 heavy (non-hydrogen) atoms. The third-order valence-corrected chi connectivity index (χ3v) is 28.7. The van der Waals surface area contributed by atoms with E-state index in [0.717, 1.165) is 63.5 Å². The van der Waals surface area contributed by atoms with Crippen LogP contribution in [0.3, 0.4) is 0 Å². The summed E-state index contributed by atoms with van der Waals surface area (Å²) in [5.41, 5.74) is 19.1. The molecule has 0 aromatic heterocycles. The first kappa shape index (κ1) is 113. The monoisotopic (exact) mass is 1590 g/mol. The Morgan fingerprint density at radius 2 is 0.505 bits per heavy atom. The molecule has 0 aliphatic rings. The number of aryl methyl sites for hydroxylation is 9. The van der Waals surface area contributed by atoms with E-state index in [4.69, 9.17) is 29.4 Å². The van der Waals surface area contributed by atoms with Crippen LogP contribution in [0.1, 0.15) is 105 Å². The number of aliphatic imine (C=N–C) groups is 4. The van der Waals surface area contributed by atoms with E-state index in [0.29, 0.717) is 0 Å². The van der Waals surface area contributed by atoms with E-state index in [-0.39, 0.29) is 145 Å². The third kappa shape index (κ3) is 37.6. The molecule has 0 aliphatic carbocycles. The van der Waals surface area contributed by atoms with Gasteiger partial charge in [0.2, 0.25) is 0 Å². The number of methoxy groups -OCH3 is 2. The molecule has 0 bridgehead atoms. The number of para-hydroxylation sites is 3. The Kier molecular flexibility index (Phi) is 67.1. The van der Waals surface area contributed by atoms with Gasteiger partial charge in [-0.25, -0.2) is 0 Å². The first-order valence-corrected chi connectivity index (χ1v) is 39.0. The Labute approximate surface area is 669 Å². The second kappa shape index (κ2) is 60.1. The summed E-state index contributed by atoms with van der Waals surface area (Å²) in [4.78, 5) is 19.1. The van der Waals surface area contributed by atoms with Crippen LogP contribution in [0.25, 0.3) is 0 Å². The quantitative estimate of drug-likeness (QED) is 0.0385. The summed E-state index contributed by atoms with van der Waals surface area (Å²) in [6.45, 7) is 38.0. The summed E-state index contributed by atoms with van der Waals surface area (Å²) in [6, 6.07) is 61.9.